The van der Waals surface area contributed by atoms with E-state index in [2.05, 4.69) is 10.3 Å². The first-order chi connectivity index (χ1) is 9.56. The van der Waals surface area contributed by atoms with Gasteiger partial charge < -0.3 is 15.3 Å². The van der Waals surface area contributed by atoms with Crippen molar-refractivity contribution in [2.24, 2.45) is 0 Å². The quantitative estimate of drug-likeness (QED) is 0.891. The molecule has 6 nitrogen and oxygen atoms in total. The van der Waals surface area contributed by atoms with Crippen molar-refractivity contribution in [1.82, 2.24) is 4.98 Å². The Bertz CT molecular complexity index is 716. The molecule has 0 fully saturated rings. The Morgan fingerprint density at radius 3 is 2.90 bits per heavy atom. The molecule has 1 aliphatic rings. The summed E-state index contributed by atoms with van der Waals surface area (Å²) in [6.45, 7) is 0.0694. The fourth-order valence-corrected chi connectivity index (χ4v) is 3.08. The van der Waals surface area contributed by atoms with E-state index < -0.39 is 5.97 Å². The van der Waals surface area contributed by atoms with Gasteiger partial charge in [-0.1, -0.05) is 35.1 Å². The molecular weight excluding hydrogens is 302 g/mol. The van der Waals surface area contributed by atoms with Crippen molar-refractivity contribution < 1.29 is 14.7 Å². The maximum absolute atomic E-state index is 11.7. The fourth-order valence-electron chi connectivity index (χ4n) is 1.94. The highest BCUT2D eigenvalue weighted by Gasteiger charge is 2.27. The Morgan fingerprint density at radius 2 is 2.20 bits per heavy atom. The molecule has 0 bridgehead atoms. The first-order valence-electron chi connectivity index (χ1n) is 5.62. The third kappa shape index (κ3) is 2.10. The van der Waals surface area contributed by atoms with E-state index in [0.717, 1.165) is 17.0 Å². The number of aromatic carboxylic acids is 1. The van der Waals surface area contributed by atoms with E-state index in [9.17, 15) is 9.59 Å². The number of carboxylic acids is 1. The lowest BCUT2D eigenvalue weighted by Crippen LogP contribution is -2.34. The number of rotatable bonds is 2. The highest BCUT2D eigenvalue weighted by molar-refractivity contribution is 7.18. The second-order valence-corrected chi connectivity index (χ2v) is 5.41. The van der Waals surface area contributed by atoms with Gasteiger partial charge in [-0.3, -0.25) is 4.79 Å². The van der Waals surface area contributed by atoms with Crippen LogP contribution in [-0.4, -0.2) is 28.5 Å². The third-order valence-electron chi connectivity index (χ3n) is 2.77. The molecule has 1 amide bonds. The summed E-state index contributed by atoms with van der Waals surface area (Å²) in [5.74, 6) is -1.32. The van der Waals surface area contributed by atoms with Gasteiger partial charge in [0.05, 0.1) is 11.4 Å². The summed E-state index contributed by atoms with van der Waals surface area (Å²) in [6, 6.07) is 7.23. The highest BCUT2D eigenvalue weighted by Crippen LogP contribution is 2.38. The molecule has 0 radical (unpaired) electrons. The van der Waals surface area contributed by atoms with Crippen molar-refractivity contribution >= 4 is 51.3 Å². The molecule has 2 aromatic rings. The monoisotopic (exact) mass is 309 g/mol. The van der Waals surface area contributed by atoms with Crippen molar-refractivity contribution in [3.05, 3.63) is 34.3 Å². The van der Waals surface area contributed by atoms with Gasteiger partial charge in [-0.25, -0.2) is 9.78 Å². The molecule has 0 saturated carbocycles. The lowest BCUT2D eigenvalue weighted by Gasteiger charge is -2.28. The zero-order chi connectivity index (χ0) is 14.3. The number of fused-ring (bicyclic) bond motifs is 1. The minimum Gasteiger partial charge on any atom is -0.477 e. The van der Waals surface area contributed by atoms with Gasteiger partial charge >= 0.3 is 5.97 Å². The summed E-state index contributed by atoms with van der Waals surface area (Å²) in [7, 11) is 0. The van der Waals surface area contributed by atoms with Crippen molar-refractivity contribution in [3.63, 3.8) is 0 Å². The number of carbonyl (C=O) groups excluding carboxylic acids is 1. The molecule has 2 heterocycles. The molecule has 0 aliphatic carbocycles. The summed E-state index contributed by atoms with van der Waals surface area (Å²) in [5, 5.41) is 12.1. The number of carboxylic acid groups (broad SMARTS) is 1. The van der Waals surface area contributed by atoms with Crippen LogP contribution in [-0.2, 0) is 4.79 Å². The molecule has 1 aliphatic heterocycles. The molecule has 3 rings (SSSR count). The number of anilines is 3. The SMILES string of the molecule is O=C1CN(c2nc(Cl)c(C(=O)O)s2)c2ccccc2N1. The topological polar surface area (TPSA) is 82.5 Å². The Morgan fingerprint density at radius 1 is 1.45 bits per heavy atom. The number of nitrogens with zero attached hydrogens (tertiary/aromatic N) is 2. The summed E-state index contributed by atoms with van der Waals surface area (Å²) in [5.41, 5.74) is 1.42. The number of carbonyl (C=O) groups is 2. The van der Waals surface area contributed by atoms with Crippen LogP contribution in [0.15, 0.2) is 24.3 Å². The van der Waals surface area contributed by atoms with Gasteiger partial charge in [0.25, 0.3) is 0 Å². The number of para-hydroxylation sites is 2. The fraction of sp³-hybridized carbons (Fsp3) is 0.0833. The molecule has 8 heteroatoms. The largest absolute Gasteiger partial charge is 0.477 e. The van der Waals surface area contributed by atoms with E-state index in [0.29, 0.717) is 10.8 Å². The van der Waals surface area contributed by atoms with E-state index in [1.54, 1.807) is 17.0 Å². The summed E-state index contributed by atoms with van der Waals surface area (Å²) in [6.07, 6.45) is 0. The molecule has 0 saturated heterocycles. The van der Waals surface area contributed by atoms with Gasteiger partial charge in [0.1, 0.15) is 6.54 Å². The van der Waals surface area contributed by atoms with Crippen molar-refractivity contribution in [2.45, 2.75) is 0 Å². The van der Waals surface area contributed by atoms with Gasteiger partial charge in [-0.15, -0.1) is 0 Å². The highest BCUT2D eigenvalue weighted by atomic mass is 35.5. The molecule has 20 heavy (non-hydrogen) atoms. The van der Waals surface area contributed by atoms with E-state index in [1.165, 1.54) is 0 Å². The van der Waals surface area contributed by atoms with Crippen LogP contribution in [0.2, 0.25) is 5.15 Å². The van der Waals surface area contributed by atoms with Gasteiger partial charge in [0.15, 0.2) is 15.2 Å². The van der Waals surface area contributed by atoms with E-state index in [1.807, 2.05) is 12.1 Å². The number of halogens is 1. The second-order valence-electron chi connectivity index (χ2n) is 4.07. The average Bonchev–Trinajstić information content (AvgIpc) is 2.80. The molecule has 1 aromatic carbocycles. The summed E-state index contributed by atoms with van der Waals surface area (Å²) in [4.78, 5) is 28.4. The number of hydrogen-bond acceptors (Lipinski definition) is 5. The predicted octanol–water partition coefficient (Wildman–Crippen LogP) is 2.58. The smallest absolute Gasteiger partial charge is 0.349 e. The third-order valence-corrected chi connectivity index (χ3v) is 4.22. The van der Waals surface area contributed by atoms with Crippen LogP contribution in [0.25, 0.3) is 0 Å². The zero-order valence-corrected chi connectivity index (χ0v) is 11.5. The van der Waals surface area contributed by atoms with Gasteiger partial charge in [-0.2, -0.15) is 0 Å². The van der Waals surface area contributed by atoms with Crippen LogP contribution in [0.5, 0.6) is 0 Å². The number of nitrogens with one attached hydrogen (secondary N) is 1. The number of hydrogen-bond donors (Lipinski definition) is 2. The molecular formula is C12H8ClN3O3S. The normalized spacial score (nSPS) is 13.8. The lowest BCUT2D eigenvalue weighted by molar-refractivity contribution is -0.115. The Hall–Kier alpha value is -2.12. The van der Waals surface area contributed by atoms with Gasteiger partial charge in [0, 0.05) is 0 Å². The number of thiazole rings is 1. The van der Waals surface area contributed by atoms with Crippen LogP contribution in [0, 0.1) is 0 Å². The van der Waals surface area contributed by atoms with E-state index >= 15 is 0 Å². The lowest BCUT2D eigenvalue weighted by atomic mass is 10.2. The maximum Gasteiger partial charge on any atom is 0.349 e. The molecule has 2 N–H and O–H groups in total. The molecule has 0 spiro atoms. The summed E-state index contributed by atoms with van der Waals surface area (Å²) < 4.78 is 0. The van der Waals surface area contributed by atoms with E-state index in [4.69, 9.17) is 16.7 Å². The molecule has 102 valence electrons. The minimum atomic E-state index is -1.13. The molecule has 0 unspecified atom stereocenters. The molecule has 1 aromatic heterocycles. The van der Waals surface area contributed by atoms with Crippen molar-refractivity contribution in [1.29, 1.82) is 0 Å². The number of amides is 1. The minimum absolute atomic E-state index is 0.0369. The number of benzene rings is 1. The van der Waals surface area contributed by atoms with Crippen molar-refractivity contribution in [2.75, 3.05) is 16.8 Å². The first kappa shape index (κ1) is 12.9. The van der Waals surface area contributed by atoms with Crippen LogP contribution >= 0.6 is 22.9 Å². The number of aromatic nitrogens is 1. The Kier molecular flexibility index (Phi) is 3.07. The molecule has 0 atom stereocenters. The zero-order valence-electron chi connectivity index (χ0n) is 9.96. The average molecular weight is 310 g/mol. The van der Waals surface area contributed by atoms with Crippen molar-refractivity contribution in [3.8, 4) is 0 Å². The van der Waals surface area contributed by atoms with Crippen LogP contribution in [0.3, 0.4) is 0 Å². The Labute approximate surface area is 122 Å². The summed E-state index contributed by atoms with van der Waals surface area (Å²) >= 11 is 6.76. The van der Waals surface area contributed by atoms with Gasteiger partial charge in [-0.05, 0) is 12.1 Å². The predicted molar refractivity (Wildman–Crippen MR) is 76.2 cm³/mol. The second kappa shape index (κ2) is 4.77. The first-order valence-corrected chi connectivity index (χ1v) is 6.82. The van der Waals surface area contributed by atoms with Crippen LogP contribution in [0.1, 0.15) is 9.67 Å². The van der Waals surface area contributed by atoms with Gasteiger partial charge in [0.2, 0.25) is 5.91 Å². The van der Waals surface area contributed by atoms with E-state index in [-0.39, 0.29) is 22.5 Å². The Balaban J connectivity index is 2.08. The van der Waals surface area contributed by atoms with Crippen LogP contribution in [0.4, 0.5) is 16.5 Å². The standard InChI is InChI=1S/C12H8ClN3O3S/c13-10-9(11(18)19)20-12(15-10)16-5-8(17)14-6-3-1-2-4-7(6)16/h1-4H,5H2,(H,14,17)(H,18,19). The van der Waals surface area contributed by atoms with Crippen LogP contribution < -0.4 is 10.2 Å². The maximum atomic E-state index is 11.7.